The molecule has 3 aromatic carbocycles. The van der Waals surface area contributed by atoms with E-state index < -0.39 is 0 Å². The van der Waals surface area contributed by atoms with Gasteiger partial charge in [-0.1, -0.05) is 18.2 Å². The number of amides is 1. The standard InChI is InChI=1S/C25H19N5O2S/c1-2-13-30-24(32)18-12-9-16(14-21(18)29-25(30)33)23(31)26-17-10-7-15(8-11-17)22-27-19-5-3-4-6-20(19)28-22/h2-12,14H,1,13H2,(H,26,31)(H,27,28)(H,29,33). The van der Waals surface area contributed by atoms with Gasteiger partial charge in [-0.2, -0.15) is 0 Å². The van der Waals surface area contributed by atoms with Crippen LogP contribution >= 0.6 is 12.2 Å². The van der Waals surface area contributed by atoms with Crippen LogP contribution in [0.1, 0.15) is 10.4 Å². The highest BCUT2D eigenvalue weighted by atomic mass is 32.1. The van der Waals surface area contributed by atoms with Gasteiger partial charge in [-0.15, -0.1) is 6.58 Å². The zero-order valence-electron chi connectivity index (χ0n) is 17.5. The highest BCUT2D eigenvalue weighted by Crippen LogP contribution is 2.22. The summed E-state index contributed by atoms with van der Waals surface area (Å²) >= 11 is 5.27. The third-order valence-corrected chi connectivity index (χ3v) is 5.68. The molecule has 7 nitrogen and oxygen atoms in total. The van der Waals surface area contributed by atoms with Gasteiger partial charge >= 0.3 is 0 Å². The van der Waals surface area contributed by atoms with Crippen LogP contribution in [0.3, 0.4) is 0 Å². The maximum Gasteiger partial charge on any atom is 0.262 e. The van der Waals surface area contributed by atoms with E-state index in [0.29, 0.717) is 28.7 Å². The quantitative estimate of drug-likeness (QED) is 0.257. The summed E-state index contributed by atoms with van der Waals surface area (Å²) < 4.78 is 1.71. The molecule has 0 fully saturated rings. The van der Waals surface area contributed by atoms with Crippen LogP contribution in [0.4, 0.5) is 5.69 Å². The number of carbonyl (C=O) groups excluding carboxylic acids is 1. The van der Waals surface area contributed by atoms with E-state index in [9.17, 15) is 9.59 Å². The van der Waals surface area contributed by atoms with Gasteiger partial charge in [0.05, 0.1) is 21.9 Å². The number of hydrogen-bond donors (Lipinski definition) is 3. The fourth-order valence-electron chi connectivity index (χ4n) is 3.69. The van der Waals surface area contributed by atoms with Gasteiger partial charge < -0.3 is 15.3 Å². The van der Waals surface area contributed by atoms with Crippen molar-refractivity contribution >= 4 is 45.7 Å². The highest BCUT2D eigenvalue weighted by Gasteiger charge is 2.11. The van der Waals surface area contributed by atoms with Crippen molar-refractivity contribution in [2.24, 2.45) is 0 Å². The van der Waals surface area contributed by atoms with Gasteiger partial charge in [-0.25, -0.2) is 4.98 Å². The summed E-state index contributed by atoms with van der Waals surface area (Å²) in [6.07, 6.45) is 1.61. The zero-order chi connectivity index (χ0) is 22.9. The number of aromatic amines is 2. The summed E-state index contributed by atoms with van der Waals surface area (Å²) in [7, 11) is 0. The number of carbonyl (C=O) groups is 1. The minimum Gasteiger partial charge on any atom is -0.338 e. The molecule has 0 bridgehead atoms. The number of rotatable bonds is 5. The minimum absolute atomic E-state index is 0.221. The largest absolute Gasteiger partial charge is 0.338 e. The number of benzene rings is 3. The van der Waals surface area contributed by atoms with Crippen molar-refractivity contribution < 1.29 is 4.79 Å². The van der Waals surface area contributed by atoms with Gasteiger partial charge in [-0.3, -0.25) is 14.2 Å². The Morgan fingerprint density at radius 2 is 1.85 bits per heavy atom. The Balaban J connectivity index is 1.38. The van der Waals surface area contributed by atoms with E-state index in [2.05, 4.69) is 26.8 Å². The minimum atomic E-state index is -0.289. The molecule has 2 heterocycles. The van der Waals surface area contributed by atoms with Gasteiger partial charge in [0.15, 0.2) is 4.77 Å². The fourth-order valence-corrected chi connectivity index (χ4v) is 3.96. The van der Waals surface area contributed by atoms with E-state index in [1.807, 2.05) is 48.5 Å². The number of H-pyrrole nitrogens is 2. The number of aromatic nitrogens is 4. The van der Waals surface area contributed by atoms with Crippen LogP contribution in [0.5, 0.6) is 0 Å². The lowest BCUT2D eigenvalue weighted by atomic mass is 10.1. The third-order valence-electron chi connectivity index (χ3n) is 5.36. The molecule has 0 aliphatic carbocycles. The first-order valence-corrected chi connectivity index (χ1v) is 10.7. The molecule has 0 aliphatic heterocycles. The van der Waals surface area contributed by atoms with Crippen molar-refractivity contribution in [1.82, 2.24) is 19.5 Å². The first-order valence-electron chi connectivity index (χ1n) is 10.3. The van der Waals surface area contributed by atoms with Crippen molar-refractivity contribution in [3.63, 3.8) is 0 Å². The highest BCUT2D eigenvalue weighted by molar-refractivity contribution is 7.71. The molecule has 0 saturated carbocycles. The van der Waals surface area contributed by atoms with Gasteiger partial charge in [0, 0.05) is 23.4 Å². The molecule has 0 radical (unpaired) electrons. The molecule has 8 heteroatoms. The summed E-state index contributed by atoms with van der Waals surface area (Å²) in [6, 6.07) is 20.1. The van der Waals surface area contributed by atoms with Gasteiger partial charge in [0.2, 0.25) is 0 Å². The number of anilines is 1. The maximum absolute atomic E-state index is 12.8. The molecule has 0 saturated heterocycles. The molecular weight excluding hydrogens is 434 g/mol. The molecule has 3 N–H and O–H groups in total. The van der Waals surface area contributed by atoms with Gasteiger partial charge in [0.25, 0.3) is 11.5 Å². The van der Waals surface area contributed by atoms with Crippen LogP contribution in [-0.4, -0.2) is 25.4 Å². The fraction of sp³-hybridized carbons (Fsp3) is 0.0400. The van der Waals surface area contributed by atoms with Crippen LogP contribution in [0.25, 0.3) is 33.3 Å². The molecule has 162 valence electrons. The van der Waals surface area contributed by atoms with Crippen molar-refractivity contribution in [2.75, 3.05) is 5.32 Å². The monoisotopic (exact) mass is 453 g/mol. The van der Waals surface area contributed by atoms with Crippen LogP contribution in [0, 0.1) is 4.77 Å². The predicted molar refractivity (Wildman–Crippen MR) is 133 cm³/mol. The van der Waals surface area contributed by atoms with Crippen molar-refractivity contribution in [1.29, 1.82) is 0 Å². The Morgan fingerprint density at radius 3 is 2.61 bits per heavy atom. The molecule has 0 aliphatic rings. The number of imidazole rings is 1. The lowest BCUT2D eigenvalue weighted by Gasteiger charge is -2.09. The Labute approximate surface area is 193 Å². The normalized spacial score (nSPS) is 11.0. The van der Waals surface area contributed by atoms with Crippen molar-refractivity contribution in [3.8, 4) is 11.4 Å². The zero-order valence-corrected chi connectivity index (χ0v) is 18.3. The predicted octanol–water partition coefficient (Wildman–Crippen LogP) is 5.04. The van der Waals surface area contributed by atoms with Crippen LogP contribution < -0.4 is 10.9 Å². The van der Waals surface area contributed by atoms with E-state index in [0.717, 1.165) is 22.4 Å². The number of fused-ring (bicyclic) bond motifs is 2. The van der Waals surface area contributed by atoms with E-state index >= 15 is 0 Å². The SMILES string of the molecule is C=CCn1c(=S)[nH]c2cc(C(=O)Nc3ccc(-c4nc5ccccc5[nH]4)cc3)ccc2c1=O. The average Bonchev–Trinajstić information content (AvgIpc) is 3.26. The first-order chi connectivity index (χ1) is 16.0. The molecule has 5 rings (SSSR count). The van der Waals surface area contributed by atoms with E-state index in [1.54, 1.807) is 24.3 Å². The lowest BCUT2D eigenvalue weighted by molar-refractivity contribution is 0.102. The second-order valence-electron chi connectivity index (χ2n) is 7.53. The number of hydrogen-bond acceptors (Lipinski definition) is 4. The molecule has 0 spiro atoms. The van der Waals surface area contributed by atoms with E-state index in [4.69, 9.17) is 12.2 Å². The number of nitrogens with one attached hydrogen (secondary N) is 3. The molecule has 0 unspecified atom stereocenters. The Kier molecular flexibility index (Phi) is 5.20. The summed E-state index contributed by atoms with van der Waals surface area (Å²) in [5.41, 5.74) is 4.14. The van der Waals surface area contributed by atoms with Crippen molar-refractivity contribution in [2.45, 2.75) is 6.54 Å². The Bertz CT molecular complexity index is 1610. The van der Waals surface area contributed by atoms with Crippen molar-refractivity contribution in [3.05, 3.63) is 100 Å². The summed E-state index contributed by atoms with van der Waals surface area (Å²) in [6.45, 7) is 3.97. The lowest BCUT2D eigenvalue weighted by Crippen LogP contribution is -2.22. The van der Waals surface area contributed by atoms with E-state index in [-0.39, 0.29) is 16.2 Å². The molecule has 33 heavy (non-hydrogen) atoms. The molecule has 5 aromatic rings. The molecule has 2 aromatic heterocycles. The number of allylic oxidation sites excluding steroid dienone is 1. The first kappa shape index (κ1) is 20.6. The van der Waals surface area contributed by atoms with Crippen LogP contribution in [0.2, 0.25) is 0 Å². The van der Waals surface area contributed by atoms with Gasteiger partial charge in [-0.05, 0) is 66.8 Å². The average molecular weight is 454 g/mol. The molecular formula is C25H19N5O2S. The summed E-state index contributed by atoms with van der Waals surface area (Å²) in [4.78, 5) is 36.3. The molecule has 0 atom stereocenters. The number of para-hydroxylation sites is 2. The second-order valence-corrected chi connectivity index (χ2v) is 7.92. The number of nitrogens with zero attached hydrogens (tertiary/aromatic N) is 2. The van der Waals surface area contributed by atoms with Crippen LogP contribution in [-0.2, 0) is 6.54 Å². The molecule has 1 amide bonds. The Morgan fingerprint density at radius 1 is 1.06 bits per heavy atom. The summed E-state index contributed by atoms with van der Waals surface area (Å²) in [5, 5.41) is 3.34. The Hall–Kier alpha value is -4.30. The van der Waals surface area contributed by atoms with Gasteiger partial charge in [0.1, 0.15) is 5.82 Å². The summed E-state index contributed by atoms with van der Waals surface area (Å²) in [5.74, 6) is 0.476. The smallest absolute Gasteiger partial charge is 0.262 e. The second kappa shape index (κ2) is 8.33. The topological polar surface area (TPSA) is 95.6 Å². The van der Waals surface area contributed by atoms with E-state index in [1.165, 1.54) is 4.57 Å². The van der Waals surface area contributed by atoms with Crippen LogP contribution in [0.15, 0.2) is 84.2 Å². The third kappa shape index (κ3) is 3.88. The maximum atomic E-state index is 12.8.